The summed E-state index contributed by atoms with van der Waals surface area (Å²) in [7, 11) is 0. The van der Waals surface area contributed by atoms with E-state index in [4.69, 9.17) is 5.73 Å². The number of benzene rings is 1. The van der Waals surface area contributed by atoms with Crippen molar-refractivity contribution in [2.75, 3.05) is 19.6 Å². The Balaban J connectivity index is 0.00000400. The number of hydrogen-bond donors (Lipinski definition) is 3. The van der Waals surface area contributed by atoms with E-state index in [0.717, 1.165) is 12.0 Å². The summed E-state index contributed by atoms with van der Waals surface area (Å²) >= 11 is 0. The Bertz CT molecular complexity index is 426. The molecule has 5 nitrogen and oxygen atoms in total. The second-order valence-electron chi connectivity index (χ2n) is 4.59. The molecular formula is C15H24ClN3O2. The van der Waals surface area contributed by atoms with E-state index in [9.17, 15) is 9.59 Å². The molecule has 1 unspecified atom stereocenters. The van der Waals surface area contributed by atoms with Crippen LogP contribution in [0.3, 0.4) is 0 Å². The van der Waals surface area contributed by atoms with Crippen LogP contribution >= 0.6 is 12.4 Å². The van der Waals surface area contributed by atoms with E-state index in [1.54, 1.807) is 0 Å². The molecule has 1 aromatic rings. The van der Waals surface area contributed by atoms with Crippen LogP contribution in [0.5, 0.6) is 0 Å². The standard InChI is InChI=1S/C15H23N3O2.ClH/c1-2-9-17-14(19)8-10-18-15(20)13(11-16)12-6-4-3-5-7-12;/h3-7,13H,2,8-11,16H2,1H3,(H,17,19)(H,18,20);1H. The molecule has 1 rings (SSSR count). The van der Waals surface area contributed by atoms with Crippen molar-refractivity contribution in [1.29, 1.82) is 0 Å². The number of carbonyl (C=O) groups excluding carboxylic acids is 2. The first kappa shape index (κ1) is 19.4. The van der Waals surface area contributed by atoms with Crippen LogP contribution in [0, 0.1) is 0 Å². The van der Waals surface area contributed by atoms with E-state index in [1.807, 2.05) is 37.3 Å². The molecule has 4 N–H and O–H groups in total. The minimum Gasteiger partial charge on any atom is -0.356 e. The average molecular weight is 314 g/mol. The molecule has 2 amide bonds. The van der Waals surface area contributed by atoms with E-state index in [2.05, 4.69) is 10.6 Å². The van der Waals surface area contributed by atoms with Crippen LogP contribution in [0.25, 0.3) is 0 Å². The summed E-state index contributed by atoms with van der Waals surface area (Å²) in [6.07, 6.45) is 1.19. The fraction of sp³-hybridized carbons (Fsp3) is 0.467. The summed E-state index contributed by atoms with van der Waals surface area (Å²) in [5.74, 6) is -0.548. The molecule has 0 aliphatic heterocycles. The molecule has 0 aromatic heterocycles. The van der Waals surface area contributed by atoms with Gasteiger partial charge in [0, 0.05) is 26.1 Å². The van der Waals surface area contributed by atoms with Gasteiger partial charge >= 0.3 is 0 Å². The first-order valence-corrected chi connectivity index (χ1v) is 6.98. The lowest BCUT2D eigenvalue weighted by Crippen LogP contribution is -2.36. The SMILES string of the molecule is CCCNC(=O)CCNC(=O)C(CN)c1ccccc1.Cl. The number of amides is 2. The zero-order valence-electron chi connectivity index (χ0n) is 12.3. The summed E-state index contributed by atoms with van der Waals surface area (Å²) in [6, 6.07) is 9.41. The summed E-state index contributed by atoms with van der Waals surface area (Å²) in [5.41, 5.74) is 6.55. The number of halogens is 1. The van der Waals surface area contributed by atoms with E-state index < -0.39 is 0 Å². The Hall–Kier alpha value is -1.59. The van der Waals surface area contributed by atoms with Crippen molar-refractivity contribution in [1.82, 2.24) is 10.6 Å². The Kier molecular flexibility index (Phi) is 10.3. The maximum absolute atomic E-state index is 12.0. The number of nitrogens with two attached hydrogens (primary N) is 1. The van der Waals surface area contributed by atoms with Gasteiger partial charge in [-0.25, -0.2) is 0 Å². The number of carbonyl (C=O) groups is 2. The predicted molar refractivity (Wildman–Crippen MR) is 86.4 cm³/mol. The summed E-state index contributed by atoms with van der Waals surface area (Å²) in [5, 5.41) is 5.53. The van der Waals surface area contributed by atoms with Gasteiger partial charge in [-0.2, -0.15) is 0 Å². The maximum atomic E-state index is 12.0. The van der Waals surface area contributed by atoms with Crippen molar-refractivity contribution in [2.45, 2.75) is 25.7 Å². The van der Waals surface area contributed by atoms with Crippen molar-refractivity contribution < 1.29 is 9.59 Å². The molecule has 0 heterocycles. The van der Waals surface area contributed by atoms with Crippen LogP contribution in [-0.4, -0.2) is 31.4 Å². The lowest BCUT2D eigenvalue weighted by molar-refractivity contribution is -0.123. The Morgan fingerprint density at radius 2 is 1.81 bits per heavy atom. The van der Waals surface area contributed by atoms with E-state index in [-0.39, 0.29) is 43.1 Å². The van der Waals surface area contributed by atoms with Gasteiger partial charge < -0.3 is 16.4 Å². The van der Waals surface area contributed by atoms with Crippen LogP contribution < -0.4 is 16.4 Å². The molecule has 0 bridgehead atoms. The number of hydrogen-bond acceptors (Lipinski definition) is 3. The van der Waals surface area contributed by atoms with Crippen LogP contribution in [0.4, 0.5) is 0 Å². The van der Waals surface area contributed by atoms with Gasteiger partial charge in [-0.15, -0.1) is 12.4 Å². The van der Waals surface area contributed by atoms with Gasteiger partial charge in [0.05, 0.1) is 5.92 Å². The second-order valence-corrected chi connectivity index (χ2v) is 4.59. The highest BCUT2D eigenvalue weighted by Crippen LogP contribution is 2.13. The zero-order chi connectivity index (χ0) is 14.8. The Labute approximate surface area is 132 Å². The quantitative estimate of drug-likeness (QED) is 0.674. The van der Waals surface area contributed by atoms with E-state index in [0.29, 0.717) is 13.1 Å². The third-order valence-electron chi connectivity index (χ3n) is 2.98. The molecule has 0 saturated heterocycles. The van der Waals surface area contributed by atoms with Gasteiger partial charge in [-0.1, -0.05) is 37.3 Å². The third kappa shape index (κ3) is 7.11. The van der Waals surface area contributed by atoms with Crippen molar-refractivity contribution in [3.8, 4) is 0 Å². The zero-order valence-corrected chi connectivity index (χ0v) is 13.1. The van der Waals surface area contributed by atoms with Crippen LogP contribution in [0.15, 0.2) is 30.3 Å². The Morgan fingerprint density at radius 3 is 2.38 bits per heavy atom. The predicted octanol–water partition coefficient (Wildman–Crippen LogP) is 1.18. The minimum atomic E-state index is -0.366. The van der Waals surface area contributed by atoms with Gasteiger partial charge in [-0.3, -0.25) is 9.59 Å². The van der Waals surface area contributed by atoms with Gasteiger partial charge in [0.25, 0.3) is 0 Å². The van der Waals surface area contributed by atoms with Crippen molar-refractivity contribution in [2.24, 2.45) is 5.73 Å². The number of rotatable bonds is 8. The highest BCUT2D eigenvalue weighted by molar-refractivity contribution is 5.85. The highest BCUT2D eigenvalue weighted by atomic mass is 35.5. The first-order valence-electron chi connectivity index (χ1n) is 6.98. The maximum Gasteiger partial charge on any atom is 0.228 e. The van der Waals surface area contributed by atoms with Crippen LogP contribution in [0.2, 0.25) is 0 Å². The van der Waals surface area contributed by atoms with Crippen LogP contribution in [0.1, 0.15) is 31.2 Å². The van der Waals surface area contributed by atoms with E-state index in [1.165, 1.54) is 0 Å². The number of nitrogens with one attached hydrogen (secondary N) is 2. The molecule has 0 fully saturated rings. The summed E-state index contributed by atoms with van der Waals surface area (Å²) in [6.45, 7) is 3.24. The lowest BCUT2D eigenvalue weighted by atomic mass is 9.98. The van der Waals surface area contributed by atoms with Gasteiger partial charge in [0.1, 0.15) is 0 Å². The molecule has 6 heteroatoms. The molecular weight excluding hydrogens is 290 g/mol. The molecule has 0 saturated carbocycles. The minimum absolute atomic E-state index is 0. The van der Waals surface area contributed by atoms with E-state index >= 15 is 0 Å². The smallest absolute Gasteiger partial charge is 0.228 e. The normalized spacial score (nSPS) is 11.1. The first-order chi connectivity index (χ1) is 9.69. The lowest BCUT2D eigenvalue weighted by Gasteiger charge is -2.15. The molecule has 1 atom stereocenters. The third-order valence-corrected chi connectivity index (χ3v) is 2.98. The molecule has 0 aliphatic carbocycles. The van der Waals surface area contributed by atoms with Gasteiger partial charge in [-0.05, 0) is 12.0 Å². The molecule has 0 radical (unpaired) electrons. The summed E-state index contributed by atoms with van der Waals surface area (Å²) in [4.78, 5) is 23.5. The monoisotopic (exact) mass is 313 g/mol. The molecule has 0 aliphatic rings. The largest absolute Gasteiger partial charge is 0.356 e. The molecule has 1 aromatic carbocycles. The second kappa shape index (κ2) is 11.1. The fourth-order valence-corrected chi connectivity index (χ4v) is 1.86. The van der Waals surface area contributed by atoms with Crippen molar-refractivity contribution in [3.05, 3.63) is 35.9 Å². The topological polar surface area (TPSA) is 84.2 Å². The molecule has 0 spiro atoms. The molecule has 21 heavy (non-hydrogen) atoms. The van der Waals surface area contributed by atoms with Crippen molar-refractivity contribution >= 4 is 24.2 Å². The fourth-order valence-electron chi connectivity index (χ4n) is 1.86. The van der Waals surface area contributed by atoms with Gasteiger partial charge in [0.2, 0.25) is 11.8 Å². The highest BCUT2D eigenvalue weighted by Gasteiger charge is 2.18. The molecule has 118 valence electrons. The van der Waals surface area contributed by atoms with Gasteiger partial charge in [0.15, 0.2) is 0 Å². The van der Waals surface area contributed by atoms with Crippen LogP contribution in [-0.2, 0) is 9.59 Å². The Morgan fingerprint density at radius 1 is 1.14 bits per heavy atom. The summed E-state index contributed by atoms with van der Waals surface area (Å²) < 4.78 is 0. The average Bonchev–Trinajstić information content (AvgIpc) is 2.47. The van der Waals surface area contributed by atoms with Crippen molar-refractivity contribution in [3.63, 3.8) is 0 Å².